The normalized spacial score (nSPS) is 10.8. The predicted molar refractivity (Wildman–Crippen MR) is 53.6 cm³/mol. The Hall–Kier alpha value is -1.58. The number of hydrogen-bond donors (Lipinski definition) is 0. The summed E-state index contributed by atoms with van der Waals surface area (Å²) in [6.45, 7) is 6.50. The monoisotopic (exact) mass is 191 g/mol. The van der Waals surface area contributed by atoms with Crippen molar-refractivity contribution in [1.82, 2.24) is 14.6 Å². The van der Waals surface area contributed by atoms with E-state index in [1.54, 1.807) is 0 Å². The third kappa shape index (κ3) is 1.43. The molecule has 4 heteroatoms. The topological polar surface area (TPSA) is 39.4 Å². The summed E-state index contributed by atoms with van der Waals surface area (Å²) >= 11 is 0. The van der Waals surface area contributed by atoms with E-state index in [0.29, 0.717) is 12.5 Å². The van der Waals surface area contributed by atoms with Crippen molar-refractivity contribution in [2.24, 2.45) is 0 Å². The van der Waals surface area contributed by atoms with E-state index in [-0.39, 0.29) is 0 Å². The minimum absolute atomic E-state index is 0.634. The molecule has 2 aromatic rings. The fourth-order valence-corrected chi connectivity index (χ4v) is 1.49. The quantitative estimate of drug-likeness (QED) is 0.725. The molecule has 4 nitrogen and oxygen atoms in total. The van der Waals surface area contributed by atoms with Gasteiger partial charge in [0, 0.05) is 6.07 Å². The molecule has 0 aromatic carbocycles. The van der Waals surface area contributed by atoms with Crippen LogP contribution in [0.3, 0.4) is 0 Å². The average Bonchev–Trinajstić information content (AvgIpc) is 2.48. The molecule has 0 aliphatic carbocycles. The molecule has 2 rings (SSSR count). The van der Waals surface area contributed by atoms with Crippen molar-refractivity contribution in [1.29, 1.82) is 0 Å². The summed E-state index contributed by atoms with van der Waals surface area (Å²) in [5, 5.41) is 4.28. The Morgan fingerprint density at radius 2 is 2.21 bits per heavy atom. The molecule has 0 saturated carbocycles. The summed E-state index contributed by atoms with van der Waals surface area (Å²) in [7, 11) is 0. The fraction of sp³-hybridized carbons (Fsp3) is 0.400. The van der Waals surface area contributed by atoms with E-state index in [2.05, 4.69) is 10.1 Å². The molecule has 0 unspecified atom stereocenters. The number of aryl methyl sites for hydroxylation is 2. The maximum Gasteiger partial charge on any atom is 0.233 e. The van der Waals surface area contributed by atoms with Crippen LogP contribution in [0.4, 0.5) is 0 Å². The molecule has 14 heavy (non-hydrogen) atoms. The van der Waals surface area contributed by atoms with E-state index >= 15 is 0 Å². The lowest BCUT2D eigenvalue weighted by atomic mass is 10.3. The standard InChI is InChI=1S/C10H13N3O/c1-4-14-10-5-9-8(3)11-7(2)6-13(9)12-10/h5-6H,4H2,1-3H3. The van der Waals surface area contributed by atoms with Crippen LogP contribution in [0.2, 0.25) is 0 Å². The van der Waals surface area contributed by atoms with E-state index in [9.17, 15) is 0 Å². The number of ether oxygens (including phenoxy) is 1. The van der Waals surface area contributed by atoms with Crippen LogP contribution >= 0.6 is 0 Å². The molecule has 2 heterocycles. The number of fused-ring (bicyclic) bond motifs is 1. The summed E-state index contributed by atoms with van der Waals surface area (Å²) in [6, 6.07) is 1.91. The molecular weight excluding hydrogens is 178 g/mol. The summed E-state index contributed by atoms with van der Waals surface area (Å²) in [5.41, 5.74) is 2.93. The minimum Gasteiger partial charge on any atom is -0.477 e. The highest BCUT2D eigenvalue weighted by atomic mass is 16.5. The number of rotatable bonds is 2. The van der Waals surface area contributed by atoms with Gasteiger partial charge in [0.05, 0.1) is 29.7 Å². The van der Waals surface area contributed by atoms with Crippen molar-refractivity contribution in [2.75, 3.05) is 6.61 Å². The van der Waals surface area contributed by atoms with Gasteiger partial charge in [0.2, 0.25) is 5.88 Å². The lowest BCUT2D eigenvalue weighted by Gasteiger charge is -1.97. The zero-order valence-electron chi connectivity index (χ0n) is 8.61. The summed E-state index contributed by atoms with van der Waals surface area (Å²) in [4.78, 5) is 4.36. The SMILES string of the molecule is CCOc1cc2c(C)nc(C)cn2n1. The van der Waals surface area contributed by atoms with Crippen molar-refractivity contribution in [3.63, 3.8) is 0 Å². The van der Waals surface area contributed by atoms with Crippen LogP contribution in [-0.2, 0) is 0 Å². The number of hydrogen-bond acceptors (Lipinski definition) is 3. The van der Waals surface area contributed by atoms with Gasteiger partial charge in [0.1, 0.15) is 0 Å². The first-order chi connectivity index (χ1) is 6.70. The van der Waals surface area contributed by atoms with Gasteiger partial charge in [-0.1, -0.05) is 0 Å². The summed E-state index contributed by atoms with van der Waals surface area (Å²) in [5.74, 6) is 0.656. The first-order valence-electron chi connectivity index (χ1n) is 4.67. The van der Waals surface area contributed by atoms with Gasteiger partial charge >= 0.3 is 0 Å². The maximum atomic E-state index is 5.33. The average molecular weight is 191 g/mol. The molecule has 74 valence electrons. The van der Waals surface area contributed by atoms with Gasteiger partial charge < -0.3 is 4.74 Å². The Labute approximate surface area is 82.5 Å². The molecule has 0 fully saturated rings. The molecule has 0 spiro atoms. The second-order valence-corrected chi connectivity index (χ2v) is 3.21. The van der Waals surface area contributed by atoms with Crippen LogP contribution in [0.15, 0.2) is 12.3 Å². The fourth-order valence-electron chi connectivity index (χ4n) is 1.49. The van der Waals surface area contributed by atoms with E-state index in [4.69, 9.17) is 4.74 Å². The Morgan fingerprint density at radius 3 is 2.93 bits per heavy atom. The Kier molecular flexibility index (Phi) is 2.11. The van der Waals surface area contributed by atoms with E-state index in [0.717, 1.165) is 16.9 Å². The molecular formula is C10H13N3O. The Bertz CT molecular complexity index is 462. The molecule has 0 radical (unpaired) electrons. The largest absolute Gasteiger partial charge is 0.477 e. The van der Waals surface area contributed by atoms with Crippen LogP contribution in [0.1, 0.15) is 18.3 Å². The molecule has 0 saturated heterocycles. The second-order valence-electron chi connectivity index (χ2n) is 3.21. The summed E-state index contributed by atoms with van der Waals surface area (Å²) < 4.78 is 7.13. The van der Waals surface area contributed by atoms with Gasteiger partial charge in [-0.15, -0.1) is 5.10 Å². The third-order valence-electron chi connectivity index (χ3n) is 2.03. The predicted octanol–water partition coefficient (Wildman–Crippen LogP) is 1.74. The summed E-state index contributed by atoms with van der Waals surface area (Å²) in [6.07, 6.45) is 1.89. The van der Waals surface area contributed by atoms with E-state index in [1.807, 2.05) is 37.5 Å². The van der Waals surface area contributed by atoms with Crippen molar-refractivity contribution < 1.29 is 4.74 Å². The molecule has 0 atom stereocenters. The molecule has 0 aliphatic heterocycles. The lowest BCUT2D eigenvalue weighted by molar-refractivity contribution is 0.325. The molecule has 0 aliphatic rings. The Morgan fingerprint density at radius 1 is 1.43 bits per heavy atom. The van der Waals surface area contributed by atoms with Crippen LogP contribution in [0, 0.1) is 13.8 Å². The second kappa shape index (κ2) is 3.29. The van der Waals surface area contributed by atoms with Gasteiger partial charge in [0.15, 0.2) is 0 Å². The maximum absolute atomic E-state index is 5.33. The van der Waals surface area contributed by atoms with Gasteiger partial charge in [-0.2, -0.15) is 0 Å². The molecule has 0 bridgehead atoms. The van der Waals surface area contributed by atoms with Crippen LogP contribution in [0.25, 0.3) is 5.52 Å². The van der Waals surface area contributed by atoms with Gasteiger partial charge in [-0.05, 0) is 20.8 Å². The minimum atomic E-state index is 0.634. The van der Waals surface area contributed by atoms with E-state index in [1.165, 1.54) is 0 Å². The molecule has 2 aromatic heterocycles. The van der Waals surface area contributed by atoms with Crippen molar-refractivity contribution >= 4 is 5.52 Å². The number of aromatic nitrogens is 3. The highest BCUT2D eigenvalue weighted by Crippen LogP contribution is 2.15. The number of nitrogens with zero attached hydrogens (tertiary/aromatic N) is 3. The van der Waals surface area contributed by atoms with E-state index < -0.39 is 0 Å². The first-order valence-corrected chi connectivity index (χ1v) is 4.67. The highest BCUT2D eigenvalue weighted by Gasteiger charge is 2.05. The van der Waals surface area contributed by atoms with Crippen LogP contribution < -0.4 is 4.74 Å². The van der Waals surface area contributed by atoms with Crippen molar-refractivity contribution in [3.8, 4) is 5.88 Å². The first kappa shape index (κ1) is 8.99. The van der Waals surface area contributed by atoms with Gasteiger partial charge in [-0.25, -0.2) is 4.52 Å². The van der Waals surface area contributed by atoms with Crippen molar-refractivity contribution in [3.05, 3.63) is 23.7 Å². The van der Waals surface area contributed by atoms with Crippen molar-refractivity contribution in [2.45, 2.75) is 20.8 Å². The smallest absolute Gasteiger partial charge is 0.233 e. The zero-order valence-corrected chi connectivity index (χ0v) is 8.61. The molecule has 0 N–H and O–H groups in total. The zero-order chi connectivity index (χ0) is 10.1. The lowest BCUT2D eigenvalue weighted by Crippen LogP contribution is -1.95. The van der Waals surface area contributed by atoms with Gasteiger partial charge in [-0.3, -0.25) is 4.98 Å². The Balaban J connectivity index is 2.58. The molecule has 0 amide bonds. The van der Waals surface area contributed by atoms with Crippen LogP contribution in [-0.4, -0.2) is 21.2 Å². The third-order valence-corrected chi connectivity index (χ3v) is 2.03. The van der Waals surface area contributed by atoms with Gasteiger partial charge in [0.25, 0.3) is 0 Å². The van der Waals surface area contributed by atoms with Crippen LogP contribution in [0.5, 0.6) is 5.88 Å². The highest BCUT2D eigenvalue weighted by molar-refractivity contribution is 5.53.